The van der Waals surface area contributed by atoms with Gasteiger partial charge in [0.25, 0.3) is 5.91 Å². The number of amides is 2. The molecular formula is C25H21N3O4. The van der Waals surface area contributed by atoms with Gasteiger partial charge in [-0.15, -0.1) is 0 Å². The van der Waals surface area contributed by atoms with E-state index in [1.54, 1.807) is 43.3 Å². The number of carbonyl (C=O) groups excluding carboxylic acids is 2. The fourth-order valence-electron chi connectivity index (χ4n) is 2.83. The third-order valence-corrected chi connectivity index (χ3v) is 4.53. The van der Waals surface area contributed by atoms with Crippen LogP contribution in [0, 0.1) is 0 Å². The lowest BCUT2D eigenvalue weighted by Crippen LogP contribution is -2.19. The molecule has 2 amide bonds. The second-order valence-corrected chi connectivity index (χ2v) is 6.82. The van der Waals surface area contributed by atoms with Crippen LogP contribution in [0.2, 0.25) is 0 Å². The lowest BCUT2D eigenvalue weighted by Gasteiger charge is -2.06. The Hall–Kier alpha value is -4.52. The van der Waals surface area contributed by atoms with Crippen molar-refractivity contribution in [2.45, 2.75) is 6.92 Å². The number of hydrazone groups is 1. The van der Waals surface area contributed by atoms with Gasteiger partial charge in [0.1, 0.15) is 0 Å². The molecule has 3 rings (SSSR count). The number of aliphatic carboxylic acids is 1. The van der Waals surface area contributed by atoms with Gasteiger partial charge in [0, 0.05) is 23.4 Å². The number of anilines is 1. The summed E-state index contributed by atoms with van der Waals surface area (Å²) in [6.45, 7) is 1.75. The van der Waals surface area contributed by atoms with Crippen molar-refractivity contribution in [1.29, 1.82) is 0 Å². The minimum Gasteiger partial charge on any atom is -0.478 e. The summed E-state index contributed by atoms with van der Waals surface area (Å²) in [5, 5.41) is 15.2. The fourth-order valence-corrected chi connectivity index (χ4v) is 2.83. The van der Waals surface area contributed by atoms with Crippen LogP contribution < -0.4 is 10.7 Å². The Morgan fingerprint density at radius 1 is 0.781 bits per heavy atom. The van der Waals surface area contributed by atoms with Crippen molar-refractivity contribution in [1.82, 2.24) is 5.43 Å². The summed E-state index contributed by atoms with van der Waals surface area (Å²) in [7, 11) is 0. The average Bonchev–Trinajstić information content (AvgIpc) is 2.82. The van der Waals surface area contributed by atoms with Gasteiger partial charge in [-0.3, -0.25) is 9.59 Å². The molecule has 32 heavy (non-hydrogen) atoms. The molecule has 0 aliphatic rings. The molecule has 7 nitrogen and oxygen atoms in total. The lowest BCUT2D eigenvalue weighted by molar-refractivity contribution is -0.131. The standard InChI is InChI=1S/C25H21N3O4/c1-17(18-11-13-22(14-12-18)26-23(29)15-16-24(30)31)27-28-25(32)21-9-7-20(8-10-21)19-5-3-2-4-6-19/h2-16H,1H3,(H,26,29)(H,28,32)(H,30,31). The van der Waals surface area contributed by atoms with Gasteiger partial charge in [0.15, 0.2) is 0 Å². The predicted molar refractivity (Wildman–Crippen MR) is 123 cm³/mol. The monoisotopic (exact) mass is 427 g/mol. The lowest BCUT2D eigenvalue weighted by atomic mass is 10.0. The Kier molecular flexibility index (Phi) is 7.27. The molecule has 0 aromatic heterocycles. The summed E-state index contributed by atoms with van der Waals surface area (Å²) in [6.07, 6.45) is 1.70. The van der Waals surface area contributed by atoms with Gasteiger partial charge in [-0.1, -0.05) is 54.6 Å². The minimum atomic E-state index is -1.20. The van der Waals surface area contributed by atoms with E-state index >= 15 is 0 Å². The molecule has 3 aromatic rings. The van der Waals surface area contributed by atoms with Gasteiger partial charge < -0.3 is 10.4 Å². The molecule has 0 fully saturated rings. The molecule has 0 aliphatic heterocycles. The molecule has 0 spiro atoms. The van der Waals surface area contributed by atoms with Crippen molar-refractivity contribution in [3.8, 4) is 11.1 Å². The summed E-state index contributed by atoms with van der Waals surface area (Å²) < 4.78 is 0. The Balaban J connectivity index is 1.59. The third kappa shape index (κ3) is 6.24. The molecule has 3 N–H and O–H groups in total. The zero-order valence-electron chi connectivity index (χ0n) is 17.3. The van der Waals surface area contributed by atoms with Crippen LogP contribution in [0.5, 0.6) is 0 Å². The van der Waals surface area contributed by atoms with Crippen LogP contribution in [0.4, 0.5) is 5.69 Å². The van der Waals surface area contributed by atoms with Crippen molar-refractivity contribution in [3.05, 3.63) is 102 Å². The van der Waals surface area contributed by atoms with Crippen LogP contribution in [0.15, 0.2) is 96.1 Å². The van der Waals surface area contributed by atoms with E-state index in [-0.39, 0.29) is 5.91 Å². The number of hydrogen-bond acceptors (Lipinski definition) is 4. The smallest absolute Gasteiger partial charge is 0.328 e. The number of benzene rings is 3. The first-order valence-electron chi connectivity index (χ1n) is 9.75. The van der Waals surface area contributed by atoms with E-state index < -0.39 is 11.9 Å². The Labute approximate surface area is 185 Å². The number of carboxylic acid groups (broad SMARTS) is 1. The molecule has 0 saturated heterocycles. The van der Waals surface area contributed by atoms with Crippen LogP contribution in [0.1, 0.15) is 22.8 Å². The SMILES string of the molecule is CC(=NNC(=O)c1ccc(-c2ccccc2)cc1)c1ccc(NC(=O)C=CC(=O)O)cc1. The van der Waals surface area contributed by atoms with Crippen molar-refractivity contribution in [2.24, 2.45) is 5.10 Å². The van der Waals surface area contributed by atoms with Gasteiger partial charge in [-0.25, -0.2) is 10.2 Å². The minimum absolute atomic E-state index is 0.321. The molecule has 0 saturated carbocycles. The zero-order chi connectivity index (χ0) is 22.9. The summed E-state index contributed by atoms with van der Waals surface area (Å²) in [5.74, 6) is -2.06. The zero-order valence-corrected chi connectivity index (χ0v) is 17.3. The molecule has 7 heteroatoms. The first kappa shape index (κ1) is 22.2. The van der Waals surface area contributed by atoms with Gasteiger partial charge in [-0.05, 0) is 47.9 Å². The normalized spacial score (nSPS) is 11.2. The van der Waals surface area contributed by atoms with Crippen molar-refractivity contribution in [3.63, 3.8) is 0 Å². The largest absolute Gasteiger partial charge is 0.478 e. The van der Waals surface area contributed by atoms with E-state index in [1.807, 2.05) is 42.5 Å². The molecule has 0 unspecified atom stereocenters. The van der Waals surface area contributed by atoms with Crippen LogP contribution in [0.3, 0.4) is 0 Å². The maximum absolute atomic E-state index is 12.4. The van der Waals surface area contributed by atoms with Gasteiger partial charge in [-0.2, -0.15) is 5.10 Å². The summed E-state index contributed by atoms with van der Waals surface area (Å²) in [4.78, 5) is 34.5. The highest BCUT2D eigenvalue weighted by Crippen LogP contribution is 2.19. The number of nitrogens with zero attached hydrogens (tertiary/aromatic N) is 1. The Bertz CT molecular complexity index is 1170. The summed E-state index contributed by atoms with van der Waals surface area (Å²) in [5.41, 5.74) is 6.98. The van der Waals surface area contributed by atoms with Gasteiger partial charge in [0.05, 0.1) is 5.71 Å². The van der Waals surface area contributed by atoms with E-state index in [0.29, 0.717) is 17.0 Å². The molecular weight excluding hydrogens is 406 g/mol. The van der Waals surface area contributed by atoms with Crippen molar-refractivity contribution in [2.75, 3.05) is 5.32 Å². The number of rotatable bonds is 7. The van der Waals surface area contributed by atoms with E-state index in [2.05, 4.69) is 15.8 Å². The molecule has 0 radical (unpaired) electrons. The van der Waals surface area contributed by atoms with Crippen LogP contribution in [-0.2, 0) is 9.59 Å². The van der Waals surface area contributed by atoms with Crippen molar-refractivity contribution < 1.29 is 19.5 Å². The van der Waals surface area contributed by atoms with Gasteiger partial charge >= 0.3 is 5.97 Å². The first-order valence-corrected chi connectivity index (χ1v) is 9.75. The van der Waals surface area contributed by atoms with E-state index in [4.69, 9.17) is 5.11 Å². The Morgan fingerprint density at radius 2 is 1.38 bits per heavy atom. The quantitative estimate of drug-likeness (QED) is 0.300. The molecule has 3 aromatic carbocycles. The first-order chi connectivity index (χ1) is 15.4. The molecule has 0 heterocycles. The predicted octanol–water partition coefficient (Wildman–Crippen LogP) is 4.09. The third-order valence-electron chi connectivity index (χ3n) is 4.53. The highest BCUT2D eigenvalue weighted by molar-refractivity contribution is 6.03. The average molecular weight is 427 g/mol. The second-order valence-electron chi connectivity index (χ2n) is 6.82. The molecule has 160 valence electrons. The Morgan fingerprint density at radius 3 is 2.00 bits per heavy atom. The fraction of sp³-hybridized carbons (Fsp3) is 0.0400. The summed E-state index contributed by atoms with van der Waals surface area (Å²) >= 11 is 0. The van der Waals surface area contributed by atoms with E-state index in [9.17, 15) is 14.4 Å². The number of nitrogens with one attached hydrogen (secondary N) is 2. The molecule has 0 bridgehead atoms. The number of carbonyl (C=O) groups is 3. The van der Waals surface area contributed by atoms with E-state index in [1.165, 1.54) is 0 Å². The van der Waals surface area contributed by atoms with Gasteiger partial charge in [0.2, 0.25) is 5.91 Å². The topological polar surface area (TPSA) is 108 Å². The number of hydrogen-bond donors (Lipinski definition) is 3. The highest BCUT2D eigenvalue weighted by atomic mass is 16.4. The van der Waals surface area contributed by atoms with Crippen LogP contribution >= 0.6 is 0 Å². The molecule has 0 atom stereocenters. The van der Waals surface area contributed by atoms with Crippen LogP contribution in [-0.4, -0.2) is 28.6 Å². The van der Waals surface area contributed by atoms with Crippen LogP contribution in [0.25, 0.3) is 11.1 Å². The second kappa shape index (κ2) is 10.5. The maximum Gasteiger partial charge on any atom is 0.328 e. The number of carboxylic acids is 1. The maximum atomic E-state index is 12.4. The van der Waals surface area contributed by atoms with E-state index in [0.717, 1.165) is 28.8 Å². The summed E-state index contributed by atoms with van der Waals surface area (Å²) in [6, 6.07) is 23.9. The highest BCUT2D eigenvalue weighted by Gasteiger charge is 2.06. The van der Waals surface area contributed by atoms with Crippen molar-refractivity contribution >= 4 is 29.2 Å². The molecule has 0 aliphatic carbocycles.